The predicted octanol–water partition coefficient (Wildman–Crippen LogP) is 4.01. The number of halogens is 2. The van der Waals surface area contributed by atoms with E-state index in [0.717, 1.165) is 0 Å². The third kappa shape index (κ3) is 2.83. The normalized spacial score (nSPS) is 10.7. The first-order chi connectivity index (χ1) is 11.0. The summed E-state index contributed by atoms with van der Waals surface area (Å²) >= 11 is 11.9. The maximum atomic E-state index is 12.6. The summed E-state index contributed by atoms with van der Waals surface area (Å²) in [6.07, 6.45) is 0. The summed E-state index contributed by atoms with van der Waals surface area (Å²) in [6.45, 7) is 1.69. The molecule has 0 saturated heterocycles. The van der Waals surface area contributed by atoms with Crippen LogP contribution >= 0.6 is 23.2 Å². The van der Waals surface area contributed by atoms with Crippen molar-refractivity contribution in [2.75, 3.05) is 0 Å². The van der Waals surface area contributed by atoms with Crippen LogP contribution in [-0.2, 0) is 0 Å². The molecule has 116 valence electrons. The van der Waals surface area contributed by atoms with Crippen LogP contribution in [0, 0.1) is 6.92 Å². The van der Waals surface area contributed by atoms with E-state index < -0.39 is 5.56 Å². The lowest BCUT2D eigenvalue weighted by atomic mass is 10.0. The summed E-state index contributed by atoms with van der Waals surface area (Å²) in [5, 5.41) is 3.64. The van der Waals surface area contributed by atoms with E-state index in [4.69, 9.17) is 23.2 Å². The lowest BCUT2D eigenvalue weighted by molar-refractivity contribution is 0.103. The van der Waals surface area contributed by atoms with E-state index in [-0.39, 0.29) is 11.3 Å². The molecule has 0 aliphatic carbocycles. The summed E-state index contributed by atoms with van der Waals surface area (Å²) in [4.78, 5) is 25.2. The number of nitrogens with zero attached hydrogens (tertiary/aromatic N) is 1. The molecule has 0 bridgehead atoms. The van der Waals surface area contributed by atoms with Gasteiger partial charge in [0.15, 0.2) is 5.78 Å². The zero-order valence-electron chi connectivity index (χ0n) is 12.1. The van der Waals surface area contributed by atoms with Crippen molar-refractivity contribution in [3.05, 3.63) is 85.8 Å². The van der Waals surface area contributed by atoms with Crippen molar-refractivity contribution in [1.29, 1.82) is 0 Å². The summed E-state index contributed by atoms with van der Waals surface area (Å²) in [5.41, 5.74) is 1.17. The Morgan fingerprint density at radius 1 is 1.04 bits per heavy atom. The van der Waals surface area contributed by atoms with Crippen LogP contribution in [0.5, 0.6) is 0 Å². The van der Waals surface area contributed by atoms with E-state index in [1.165, 1.54) is 4.68 Å². The quantitative estimate of drug-likeness (QED) is 0.728. The highest BCUT2D eigenvalue weighted by Gasteiger charge is 2.20. The van der Waals surface area contributed by atoms with Gasteiger partial charge in [-0.05, 0) is 25.1 Å². The Hall–Kier alpha value is -2.30. The van der Waals surface area contributed by atoms with Crippen molar-refractivity contribution in [2.24, 2.45) is 0 Å². The van der Waals surface area contributed by atoms with Gasteiger partial charge in [0.05, 0.1) is 15.7 Å². The number of hydrogen-bond donors (Lipinski definition) is 1. The standard InChI is InChI=1S/C17H12Cl2N2O2/c1-10-15(16(22)11-5-3-2-4-6-11)17(23)21(20-10)12-7-8-13(18)14(19)9-12/h2-9,20H,1H3. The molecule has 1 aromatic heterocycles. The molecule has 0 saturated carbocycles. The van der Waals surface area contributed by atoms with Gasteiger partial charge in [-0.25, -0.2) is 4.68 Å². The van der Waals surface area contributed by atoms with Crippen molar-refractivity contribution in [3.8, 4) is 5.69 Å². The molecule has 0 atom stereocenters. The number of H-pyrrole nitrogens is 1. The second-order valence-corrected chi connectivity index (χ2v) is 5.86. The van der Waals surface area contributed by atoms with Crippen LogP contribution in [0.15, 0.2) is 53.3 Å². The molecule has 23 heavy (non-hydrogen) atoms. The van der Waals surface area contributed by atoms with Crippen molar-refractivity contribution in [3.63, 3.8) is 0 Å². The number of aromatic nitrogens is 2. The van der Waals surface area contributed by atoms with E-state index in [1.807, 2.05) is 6.07 Å². The molecule has 1 heterocycles. The second kappa shape index (κ2) is 6.07. The number of rotatable bonds is 3. The number of carbonyl (C=O) groups is 1. The monoisotopic (exact) mass is 346 g/mol. The van der Waals surface area contributed by atoms with E-state index in [0.29, 0.717) is 27.0 Å². The zero-order chi connectivity index (χ0) is 16.6. The molecular formula is C17H12Cl2N2O2. The third-order valence-corrected chi connectivity index (χ3v) is 4.23. The highest BCUT2D eigenvalue weighted by atomic mass is 35.5. The van der Waals surface area contributed by atoms with Gasteiger partial charge in [-0.15, -0.1) is 0 Å². The van der Waals surface area contributed by atoms with Gasteiger partial charge in [-0.2, -0.15) is 0 Å². The number of nitrogens with one attached hydrogen (secondary N) is 1. The lowest BCUT2D eigenvalue weighted by Crippen LogP contribution is -2.20. The molecule has 0 amide bonds. The number of aryl methyl sites for hydroxylation is 1. The van der Waals surface area contributed by atoms with Crippen molar-refractivity contribution >= 4 is 29.0 Å². The van der Waals surface area contributed by atoms with Gasteiger partial charge in [0, 0.05) is 11.3 Å². The Kier molecular flexibility index (Phi) is 4.11. The molecule has 4 nitrogen and oxygen atoms in total. The molecule has 3 aromatic rings. The highest BCUT2D eigenvalue weighted by Crippen LogP contribution is 2.24. The molecule has 1 N–H and O–H groups in total. The zero-order valence-corrected chi connectivity index (χ0v) is 13.7. The predicted molar refractivity (Wildman–Crippen MR) is 91.0 cm³/mol. The number of carbonyl (C=O) groups excluding carboxylic acids is 1. The van der Waals surface area contributed by atoms with Gasteiger partial charge in [-0.1, -0.05) is 53.5 Å². The van der Waals surface area contributed by atoms with Crippen LogP contribution in [0.25, 0.3) is 5.69 Å². The van der Waals surface area contributed by atoms with Gasteiger partial charge in [0.1, 0.15) is 5.56 Å². The highest BCUT2D eigenvalue weighted by molar-refractivity contribution is 6.42. The van der Waals surface area contributed by atoms with E-state index in [2.05, 4.69) is 5.10 Å². The SMILES string of the molecule is Cc1[nH]n(-c2ccc(Cl)c(Cl)c2)c(=O)c1C(=O)c1ccccc1. The number of benzene rings is 2. The van der Waals surface area contributed by atoms with Crippen LogP contribution in [0.2, 0.25) is 10.0 Å². The Labute approximate surface area is 142 Å². The molecule has 0 spiro atoms. The molecule has 0 radical (unpaired) electrons. The van der Waals surface area contributed by atoms with Crippen LogP contribution < -0.4 is 5.56 Å². The van der Waals surface area contributed by atoms with Gasteiger partial charge in [0.2, 0.25) is 0 Å². The minimum atomic E-state index is -0.422. The van der Waals surface area contributed by atoms with Crippen molar-refractivity contribution < 1.29 is 4.79 Å². The Balaban J connectivity index is 2.12. The average molecular weight is 347 g/mol. The fourth-order valence-corrected chi connectivity index (χ4v) is 2.65. The Bertz CT molecular complexity index is 943. The second-order valence-electron chi connectivity index (χ2n) is 5.05. The molecule has 2 aromatic carbocycles. The first-order valence-corrected chi connectivity index (χ1v) is 7.61. The maximum absolute atomic E-state index is 12.6. The number of aromatic amines is 1. The summed E-state index contributed by atoms with van der Waals surface area (Å²) in [6, 6.07) is 13.5. The molecule has 0 aliphatic heterocycles. The molecule has 3 rings (SSSR count). The fourth-order valence-electron chi connectivity index (χ4n) is 2.35. The molecule has 0 aliphatic rings. The van der Waals surface area contributed by atoms with E-state index in [9.17, 15) is 9.59 Å². The smallest absolute Gasteiger partial charge is 0.282 e. The summed E-state index contributed by atoms with van der Waals surface area (Å²) in [5.74, 6) is -0.317. The first-order valence-electron chi connectivity index (χ1n) is 6.86. The first kappa shape index (κ1) is 15.6. The Morgan fingerprint density at radius 3 is 2.39 bits per heavy atom. The van der Waals surface area contributed by atoms with Gasteiger partial charge in [0.25, 0.3) is 5.56 Å². The summed E-state index contributed by atoms with van der Waals surface area (Å²) < 4.78 is 1.29. The fraction of sp³-hybridized carbons (Fsp3) is 0.0588. The molecule has 0 unspecified atom stereocenters. The van der Waals surface area contributed by atoms with Crippen LogP contribution in [-0.4, -0.2) is 15.6 Å². The van der Waals surface area contributed by atoms with Crippen LogP contribution in [0.1, 0.15) is 21.6 Å². The van der Waals surface area contributed by atoms with Crippen LogP contribution in [0.3, 0.4) is 0 Å². The lowest BCUT2D eigenvalue weighted by Gasteiger charge is -2.03. The third-order valence-electron chi connectivity index (χ3n) is 3.50. The topological polar surface area (TPSA) is 54.9 Å². The minimum absolute atomic E-state index is 0.113. The molecule has 0 fully saturated rings. The van der Waals surface area contributed by atoms with Gasteiger partial charge < -0.3 is 0 Å². The average Bonchev–Trinajstić information content (AvgIpc) is 2.85. The molecule has 6 heteroatoms. The number of ketones is 1. The van der Waals surface area contributed by atoms with E-state index in [1.54, 1.807) is 49.4 Å². The van der Waals surface area contributed by atoms with Crippen molar-refractivity contribution in [1.82, 2.24) is 9.78 Å². The largest absolute Gasteiger partial charge is 0.295 e. The van der Waals surface area contributed by atoms with Crippen molar-refractivity contribution in [2.45, 2.75) is 6.92 Å². The molecular weight excluding hydrogens is 335 g/mol. The van der Waals surface area contributed by atoms with E-state index >= 15 is 0 Å². The van der Waals surface area contributed by atoms with Crippen LogP contribution in [0.4, 0.5) is 0 Å². The minimum Gasteiger partial charge on any atom is -0.295 e. The van der Waals surface area contributed by atoms with Gasteiger partial charge in [-0.3, -0.25) is 14.7 Å². The Morgan fingerprint density at radius 2 is 1.74 bits per heavy atom. The van der Waals surface area contributed by atoms with Gasteiger partial charge >= 0.3 is 0 Å². The summed E-state index contributed by atoms with van der Waals surface area (Å²) in [7, 11) is 0. The maximum Gasteiger partial charge on any atom is 0.282 e. The number of hydrogen-bond acceptors (Lipinski definition) is 2.